The van der Waals surface area contributed by atoms with Gasteiger partial charge in [0.05, 0.1) is 0 Å². The molecule has 5 heteroatoms. The maximum Gasteiger partial charge on any atom is 0.247 e. The molecule has 2 N–H and O–H groups in total. The molecule has 0 unspecified atom stereocenters. The zero-order valence-electron chi connectivity index (χ0n) is 11.9. The number of ketones is 2. The van der Waals surface area contributed by atoms with E-state index in [9.17, 15) is 14.4 Å². The van der Waals surface area contributed by atoms with Crippen molar-refractivity contribution in [2.45, 2.75) is 19.9 Å². The van der Waals surface area contributed by atoms with Crippen LogP contribution in [0.25, 0.3) is 0 Å². The van der Waals surface area contributed by atoms with Crippen molar-refractivity contribution in [3.8, 4) is 0 Å². The minimum absolute atomic E-state index is 0.0303. The Bertz CT molecular complexity index is 672. The molecule has 0 radical (unpaired) electrons. The Morgan fingerprint density at radius 1 is 1.10 bits per heavy atom. The van der Waals surface area contributed by atoms with Gasteiger partial charge < -0.3 is 10.6 Å². The highest BCUT2D eigenvalue weighted by Crippen LogP contribution is 2.24. The van der Waals surface area contributed by atoms with Gasteiger partial charge in [0.2, 0.25) is 17.5 Å². The molecule has 0 aromatic heterocycles. The van der Waals surface area contributed by atoms with Crippen LogP contribution in [0.2, 0.25) is 0 Å². The summed E-state index contributed by atoms with van der Waals surface area (Å²) in [4.78, 5) is 36.6. The summed E-state index contributed by atoms with van der Waals surface area (Å²) >= 11 is 0. The largest absolute Gasteiger partial charge is 0.378 e. The monoisotopic (exact) mass is 284 g/mol. The van der Waals surface area contributed by atoms with Gasteiger partial charge in [-0.15, -0.1) is 0 Å². The van der Waals surface area contributed by atoms with Gasteiger partial charge in [-0.1, -0.05) is 30.8 Å². The van der Waals surface area contributed by atoms with Crippen molar-refractivity contribution in [3.63, 3.8) is 0 Å². The minimum Gasteiger partial charge on any atom is -0.378 e. The van der Waals surface area contributed by atoms with Gasteiger partial charge in [-0.3, -0.25) is 14.4 Å². The van der Waals surface area contributed by atoms with Crippen molar-refractivity contribution in [2.75, 3.05) is 0 Å². The summed E-state index contributed by atoms with van der Waals surface area (Å²) in [7, 11) is 0. The van der Waals surface area contributed by atoms with Crippen LogP contribution in [0.1, 0.15) is 34.6 Å². The van der Waals surface area contributed by atoms with E-state index in [1.54, 1.807) is 24.3 Å². The molecule has 0 spiro atoms. The van der Waals surface area contributed by atoms with Crippen molar-refractivity contribution in [2.24, 2.45) is 0 Å². The lowest BCUT2D eigenvalue weighted by Crippen LogP contribution is -2.39. The number of Topliss-reactive ketones (excluding diaryl/α,β-unsaturated/α-hetero) is 2. The quantitative estimate of drug-likeness (QED) is 0.823. The van der Waals surface area contributed by atoms with E-state index in [2.05, 4.69) is 17.2 Å². The number of amides is 1. The smallest absolute Gasteiger partial charge is 0.247 e. The van der Waals surface area contributed by atoms with E-state index in [0.29, 0.717) is 5.56 Å². The van der Waals surface area contributed by atoms with Crippen LogP contribution >= 0.6 is 0 Å². The van der Waals surface area contributed by atoms with Gasteiger partial charge in [-0.05, 0) is 19.9 Å². The van der Waals surface area contributed by atoms with Crippen LogP contribution in [0, 0.1) is 0 Å². The Hall–Kier alpha value is -2.69. The third kappa shape index (κ3) is 2.76. The molecule has 0 aliphatic heterocycles. The maximum atomic E-state index is 12.5. The predicted octanol–water partition coefficient (Wildman–Crippen LogP) is 1.58. The van der Waals surface area contributed by atoms with Crippen LogP contribution in [-0.2, 0) is 4.79 Å². The van der Waals surface area contributed by atoms with Gasteiger partial charge in [-0.25, -0.2) is 0 Å². The summed E-state index contributed by atoms with van der Waals surface area (Å²) in [5, 5.41) is 5.38. The number of nitrogens with one attached hydrogen (secondary N) is 2. The number of benzene rings is 1. The van der Waals surface area contributed by atoms with Crippen LogP contribution in [0.15, 0.2) is 48.3 Å². The van der Waals surface area contributed by atoms with Gasteiger partial charge in [-0.2, -0.15) is 0 Å². The van der Waals surface area contributed by atoms with Crippen LogP contribution in [0.5, 0.6) is 0 Å². The van der Waals surface area contributed by atoms with Crippen LogP contribution < -0.4 is 10.6 Å². The van der Waals surface area contributed by atoms with Crippen molar-refractivity contribution in [1.29, 1.82) is 0 Å². The normalized spacial score (nSPS) is 14.0. The van der Waals surface area contributed by atoms with Crippen LogP contribution in [0.3, 0.4) is 0 Å². The fourth-order valence-corrected chi connectivity index (χ4v) is 2.10. The second-order valence-corrected chi connectivity index (χ2v) is 4.95. The Morgan fingerprint density at radius 3 is 2.10 bits per heavy atom. The van der Waals surface area contributed by atoms with Crippen LogP contribution in [-0.4, -0.2) is 23.5 Å². The summed E-state index contributed by atoms with van der Waals surface area (Å²) in [6, 6.07) is 6.49. The second kappa shape index (κ2) is 5.75. The van der Waals surface area contributed by atoms with Gasteiger partial charge in [0.15, 0.2) is 0 Å². The van der Waals surface area contributed by atoms with Crippen molar-refractivity contribution in [1.82, 2.24) is 10.6 Å². The summed E-state index contributed by atoms with van der Waals surface area (Å²) < 4.78 is 0. The van der Waals surface area contributed by atoms with E-state index in [-0.39, 0.29) is 34.6 Å². The van der Waals surface area contributed by atoms with E-state index >= 15 is 0 Å². The molecule has 0 saturated heterocycles. The Labute approximate surface area is 122 Å². The average molecular weight is 284 g/mol. The third-order valence-electron chi connectivity index (χ3n) is 2.99. The topological polar surface area (TPSA) is 75.3 Å². The van der Waals surface area contributed by atoms with E-state index in [1.807, 2.05) is 13.8 Å². The lowest BCUT2D eigenvalue weighted by molar-refractivity contribution is -0.115. The van der Waals surface area contributed by atoms with Crippen LogP contribution in [0.4, 0.5) is 0 Å². The number of carbonyl (C=O) groups is 3. The summed E-state index contributed by atoms with van der Waals surface area (Å²) in [5.74, 6) is -1.23. The Morgan fingerprint density at radius 2 is 1.62 bits per heavy atom. The second-order valence-electron chi connectivity index (χ2n) is 4.95. The molecule has 0 heterocycles. The van der Waals surface area contributed by atoms with Gasteiger partial charge in [0.25, 0.3) is 0 Å². The molecule has 0 atom stereocenters. The molecule has 1 aliphatic carbocycles. The molecule has 5 nitrogen and oxygen atoms in total. The highest BCUT2D eigenvalue weighted by atomic mass is 16.2. The van der Waals surface area contributed by atoms with E-state index < -0.39 is 5.91 Å². The first-order valence-corrected chi connectivity index (χ1v) is 6.58. The average Bonchev–Trinajstić information content (AvgIpc) is 2.47. The summed E-state index contributed by atoms with van der Waals surface area (Å²) in [6.45, 7) is 7.04. The van der Waals surface area contributed by atoms with Gasteiger partial charge >= 0.3 is 0 Å². The SMILES string of the molecule is C=CC(=O)NC1=C(NC(C)C)C(=O)c2ccccc2C1=O. The highest BCUT2D eigenvalue weighted by Gasteiger charge is 2.33. The number of fused-ring (bicyclic) bond motifs is 1. The molecule has 2 rings (SSSR count). The number of rotatable bonds is 4. The van der Waals surface area contributed by atoms with E-state index in [1.165, 1.54) is 0 Å². The third-order valence-corrected chi connectivity index (χ3v) is 2.99. The van der Waals surface area contributed by atoms with E-state index in [0.717, 1.165) is 6.08 Å². The minimum atomic E-state index is -0.534. The molecule has 1 aromatic rings. The van der Waals surface area contributed by atoms with Gasteiger partial charge in [0, 0.05) is 17.2 Å². The first-order chi connectivity index (χ1) is 9.95. The van der Waals surface area contributed by atoms with Crippen molar-refractivity contribution >= 4 is 17.5 Å². The molecule has 1 aliphatic rings. The fraction of sp³-hybridized carbons (Fsp3) is 0.188. The number of allylic oxidation sites excluding steroid dienone is 2. The zero-order chi connectivity index (χ0) is 15.6. The number of hydrogen-bond donors (Lipinski definition) is 2. The Balaban J connectivity index is 2.57. The van der Waals surface area contributed by atoms with Crippen molar-refractivity contribution < 1.29 is 14.4 Å². The lowest BCUT2D eigenvalue weighted by atomic mass is 9.90. The lowest BCUT2D eigenvalue weighted by Gasteiger charge is -2.23. The molecule has 108 valence electrons. The molecule has 0 fully saturated rings. The first-order valence-electron chi connectivity index (χ1n) is 6.58. The van der Waals surface area contributed by atoms with Crippen molar-refractivity contribution in [3.05, 3.63) is 59.4 Å². The highest BCUT2D eigenvalue weighted by molar-refractivity contribution is 6.27. The molecule has 1 aromatic carbocycles. The molecule has 0 saturated carbocycles. The fourth-order valence-electron chi connectivity index (χ4n) is 2.10. The number of carbonyl (C=O) groups excluding carboxylic acids is 3. The summed E-state index contributed by atoms with van der Waals surface area (Å²) in [6.07, 6.45) is 1.05. The summed E-state index contributed by atoms with van der Waals surface area (Å²) in [5.41, 5.74) is 0.708. The first kappa shape index (κ1) is 14.7. The molecular formula is C16H16N2O3. The maximum absolute atomic E-state index is 12.5. The number of hydrogen-bond acceptors (Lipinski definition) is 4. The molecule has 0 bridgehead atoms. The Kier molecular flexibility index (Phi) is 4.03. The zero-order valence-corrected chi connectivity index (χ0v) is 11.9. The molecule has 21 heavy (non-hydrogen) atoms. The predicted molar refractivity (Wildman–Crippen MR) is 78.7 cm³/mol. The van der Waals surface area contributed by atoms with Gasteiger partial charge in [0.1, 0.15) is 11.4 Å². The van der Waals surface area contributed by atoms with E-state index in [4.69, 9.17) is 0 Å². The molecular weight excluding hydrogens is 268 g/mol. The molecule has 1 amide bonds. The standard InChI is InChI=1S/C16H16N2O3/c1-4-12(19)18-14-13(17-9(2)3)15(20)10-7-5-6-8-11(10)16(14)21/h4-9,17H,1H2,2-3H3,(H,18,19).